The van der Waals surface area contributed by atoms with Crippen LogP contribution in [0.15, 0.2) is 42.6 Å². The highest BCUT2D eigenvalue weighted by atomic mass is 16.5. The highest BCUT2D eigenvalue weighted by Gasteiger charge is 2.08. The van der Waals surface area contributed by atoms with E-state index < -0.39 is 11.8 Å². The second-order valence-corrected chi connectivity index (χ2v) is 5.10. The molecule has 0 aliphatic heterocycles. The standard InChI is InChI=1S/C16H19N3O3/c1-11(2)12-5-3-6-13(9-12)22-10-15(20)18-19-16(21)14-7-4-8-17-14/h3-9,11,17H,10H2,1-2H3,(H,18,20)(H,19,21). The topological polar surface area (TPSA) is 83.2 Å². The van der Waals surface area contributed by atoms with Crippen molar-refractivity contribution >= 4 is 11.8 Å². The number of carbonyl (C=O) groups excluding carboxylic acids is 2. The van der Waals surface area contributed by atoms with Gasteiger partial charge in [0.15, 0.2) is 6.61 Å². The fourth-order valence-electron chi connectivity index (χ4n) is 1.81. The molecule has 116 valence electrons. The van der Waals surface area contributed by atoms with Crippen LogP contribution in [0.4, 0.5) is 0 Å². The van der Waals surface area contributed by atoms with Gasteiger partial charge in [-0.05, 0) is 35.7 Å². The van der Waals surface area contributed by atoms with Crippen molar-refractivity contribution in [3.05, 3.63) is 53.9 Å². The Morgan fingerprint density at radius 1 is 1.18 bits per heavy atom. The number of carbonyl (C=O) groups is 2. The maximum absolute atomic E-state index is 11.6. The molecule has 1 aromatic carbocycles. The zero-order valence-corrected chi connectivity index (χ0v) is 12.6. The van der Waals surface area contributed by atoms with Gasteiger partial charge in [-0.2, -0.15) is 0 Å². The molecule has 0 bridgehead atoms. The lowest BCUT2D eigenvalue weighted by atomic mass is 10.0. The van der Waals surface area contributed by atoms with Crippen molar-refractivity contribution in [2.45, 2.75) is 19.8 Å². The van der Waals surface area contributed by atoms with Crippen molar-refractivity contribution in [3.63, 3.8) is 0 Å². The first-order chi connectivity index (χ1) is 10.6. The third-order valence-corrected chi connectivity index (χ3v) is 3.05. The van der Waals surface area contributed by atoms with Crippen molar-refractivity contribution in [1.82, 2.24) is 15.8 Å². The smallest absolute Gasteiger partial charge is 0.286 e. The van der Waals surface area contributed by atoms with Gasteiger partial charge in [0.2, 0.25) is 0 Å². The van der Waals surface area contributed by atoms with Crippen LogP contribution in [0.1, 0.15) is 35.8 Å². The molecule has 0 aliphatic carbocycles. The van der Waals surface area contributed by atoms with Gasteiger partial charge in [0, 0.05) is 6.20 Å². The Bertz CT molecular complexity index is 636. The quantitative estimate of drug-likeness (QED) is 0.738. The Balaban J connectivity index is 1.78. The van der Waals surface area contributed by atoms with Crippen LogP contribution in [0.2, 0.25) is 0 Å². The molecule has 2 rings (SSSR count). The largest absolute Gasteiger partial charge is 0.484 e. The van der Waals surface area contributed by atoms with Gasteiger partial charge in [-0.15, -0.1) is 0 Å². The van der Waals surface area contributed by atoms with Gasteiger partial charge in [0.25, 0.3) is 11.8 Å². The molecule has 0 spiro atoms. The highest BCUT2D eigenvalue weighted by Crippen LogP contribution is 2.19. The number of rotatable bonds is 5. The maximum Gasteiger partial charge on any atom is 0.286 e. The van der Waals surface area contributed by atoms with Crippen LogP contribution in [-0.2, 0) is 4.79 Å². The van der Waals surface area contributed by atoms with Crippen molar-refractivity contribution in [3.8, 4) is 5.75 Å². The molecule has 6 heteroatoms. The second kappa shape index (κ2) is 7.31. The molecule has 6 nitrogen and oxygen atoms in total. The zero-order valence-electron chi connectivity index (χ0n) is 12.6. The van der Waals surface area contributed by atoms with E-state index in [0.29, 0.717) is 17.4 Å². The number of hydrazine groups is 1. The van der Waals surface area contributed by atoms with Crippen molar-refractivity contribution in [2.75, 3.05) is 6.61 Å². The second-order valence-electron chi connectivity index (χ2n) is 5.10. The molecular formula is C16H19N3O3. The Morgan fingerprint density at radius 2 is 2.00 bits per heavy atom. The fourth-order valence-corrected chi connectivity index (χ4v) is 1.81. The molecule has 1 heterocycles. The summed E-state index contributed by atoms with van der Waals surface area (Å²) in [6, 6.07) is 10.9. The monoisotopic (exact) mass is 301 g/mol. The summed E-state index contributed by atoms with van der Waals surface area (Å²) in [6.07, 6.45) is 1.63. The molecule has 22 heavy (non-hydrogen) atoms. The minimum atomic E-state index is -0.435. The number of ether oxygens (including phenoxy) is 1. The number of nitrogens with one attached hydrogen (secondary N) is 3. The number of aromatic amines is 1. The van der Waals surface area contributed by atoms with Gasteiger partial charge in [-0.3, -0.25) is 20.4 Å². The predicted molar refractivity (Wildman–Crippen MR) is 82.4 cm³/mol. The average molecular weight is 301 g/mol. The van der Waals surface area contributed by atoms with Crippen LogP contribution < -0.4 is 15.6 Å². The lowest BCUT2D eigenvalue weighted by Crippen LogP contribution is -2.43. The highest BCUT2D eigenvalue weighted by molar-refractivity contribution is 5.93. The van der Waals surface area contributed by atoms with Gasteiger partial charge < -0.3 is 9.72 Å². The van der Waals surface area contributed by atoms with Crippen LogP contribution in [0.25, 0.3) is 0 Å². The summed E-state index contributed by atoms with van der Waals surface area (Å²) in [4.78, 5) is 26.0. The molecule has 3 N–H and O–H groups in total. The van der Waals surface area contributed by atoms with Crippen LogP contribution >= 0.6 is 0 Å². The Kier molecular flexibility index (Phi) is 5.19. The van der Waals surface area contributed by atoms with E-state index in [1.54, 1.807) is 24.4 Å². The molecule has 0 atom stereocenters. The van der Waals surface area contributed by atoms with Gasteiger partial charge >= 0.3 is 0 Å². The molecule has 2 aromatic rings. The van der Waals surface area contributed by atoms with Gasteiger partial charge in [-0.1, -0.05) is 26.0 Å². The van der Waals surface area contributed by atoms with Crippen LogP contribution in [-0.4, -0.2) is 23.4 Å². The SMILES string of the molecule is CC(C)c1cccc(OCC(=O)NNC(=O)c2ccc[nH]2)c1. The summed E-state index contributed by atoms with van der Waals surface area (Å²) >= 11 is 0. The molecule has 0 saturated heterocycles. The summed E-state index contributed by atoms with van der Waals surface area (Å²) < 4.78 is 5.41. The molecule has 1 aromatic heterocycles. The molecule has 0 unspecified atom stereocenters. The molecule has 2 amide bonds. The molecule has 0 radical (unpaired) electrons. The van der Waals surface area contributed by atoms with Gasteiger partial charge in [-0.25, -0.2) is 0 Å². The van der Waals surface area contributed by atoms with Gasteiger partial charge in [0.1, 0.15) is 11.4 Å². The number of aromatic nitrogens is 1. The first-order valence-corrected chi connectivity index (χ1v) is 7.01. The maximum atomic E-state index is 11.6. The third kappa shape index (κ3) is 4.37. The van der Waals surface area contributed by atoms with E-state index in [9.17, 15) is 9.59 Å². The summed E-state index contributed by atoms with van der Waals surface area (Å²) in [5.74, 6) is 0.157. The van der Waals surface area contributed by atoms with E-state index in [2.05, 4.69) is 29.7 Å². The Morgan fingerprint density at radius 3 is 2.68 bits per heavy atom. The van der Waals surface area contributed by atoms with E-state index in [4.69, 9.17) is 4.74 Å². The Labute approximate surface area is 128 Å². The van der Waals surface area contributed by atoms with E-state index in [1.165, 1.54) is 0 Å². The van der Waals surface area contributed by atoms with Crippen molar-refractivity contribution < 1.29 is 14.3 Å². The molecule has 0 aliphatic rings. The van der Waals surface area contributed by atoms with Crippen LogP contribution in [0, 0.1) is 0 Å². The normalized spacial score (nSPS) is 10.3. The van der Waals surface area contributed by atoms with Gasteiger partial charge in [0.05, 0.1) is 0 Å². The predicted octanol–water partition coefficient (Wildman–Crippen LogP) is 1.98. The summed E-state index contributed by atoms with van der Waals surface area (Å²) in [5, 5.41) is 0. The molecular weight excluding hydrogens is 282 g/mol. The van der Waals surface area contributed by atoms with E-state index in [-0.39, 0.29) is 6.61 Å². The van der Waals surface area contributed by atoms with E-state index in [1.807, 2.05) is 18.2 Å². The lowest BCUT2D eigenvalue weighted by molar-refractivity contribution is -0.123. The van der Waals surface area contributed by atoms with Crippen LogP contribution in [0.3, 0.4) is 0 Å². The number of hydrogen-bond donors (Lipinski definition) is 3. The Hall–Kier alpha value is -2.76. The fraction of sp³-hybridized carbons (Fsp3) is 0.250. The number of benzene rings is 1. The lowest BCUT2D eigenvalue weighted by Gasteiger charge is -2.10. The zero-order chi connectivity index (χ0) is 15.9. The van der Waals surface area contributed by atoms with E-state index >= 15 is 0 Å². The van der Waals surface area contributed by atoms with Crippen LogP contribution in [0.5, 0.6) is 5.75 Å². The molecule has 0 fully saturated rings. The minimum Gasteiger partial charge on any atom is -0.484 e. The summed E-state index contributed by atoms with van der Waals surface area (Å²) in [6.45, 7) is 4.00. The first-order valence-electron chi connectivity index (χ1n) is 7.01. The summed E-state index contributed by atoms with van der Waals surface area (Å²) in [5.41, 5.74) is 6.10. The number of amides is 2. The molecule has 0 saturated carbocycles. The third-order valence-electron chi connectivity index (χ3n) is 3.05. The number of H-pyrrole nitrogens is 1. The van der Waals surface area contributed by atoms with Crippen molar-refractivity contribution in [2.24, 2.45) is 0 Å². The average Bonchev–Trinajstić information content (AvgIpc) is 3.05. The minimum absolute atomic E-state index is 0.174. The number of hydrogen-bond acceptors (Lipinski definition) is 3. The first kappa shape index (κ1) is 15.6. The summed E-state index contributed by atoms with van der Waals surface area (Å²) in [7, 11) is 0. The van der Waals surface area contributed by atoms with E-state index in [0.717, 1.165) is 5.56 Å². The van der Waals surface area contributed by atoms with Crippen molar-refractivity contribution in [1.29, 1.82) is 0 Å².